The molecule has 1 aromatic heterocycles. The first kappa shape index (κ1) is 18.2. The number of hydrogen-bond acceptors (Lipinski definition) is 5. The summed E-state index contributed by atoms with van der Waals surface area (Å²) in [5, 5.41) is 6.80. The number of amides is 2. The molecule has 1 aliphatic rings. The summed E-state index contributed by atoms with van der Waals surface area (Å²) in [6, 6.07) is 7.36. The molecule has 2 amide bonds. The van der Waals surface area contributed by atoms with Crippen LogP contribution in [-0.2, 0) is 0 Å². The Bertz CT molecular complexity index is 729. The van der Waals surface area contributed by atoms with Gasteiger partial charge in [-0.05, 0) is 57.4 Å². The topological polar surface area (TPSA) is 80.5 Å². The fraction of sp³-hybridized carbons (Fsp3) is 0.526. The number of likely N-dealkylation sites (tertiary alicyclic amines) is 1. The van der Waals surface area contributed by atoms with Crippen LogP contribution in [0.3, 0.4) is 0 Å². The maximum atomic E-state index is 12.6. The van der Waals surface area contributed by atoms with Crippen LogP contribution < -0.4 is 10.1 Å². The zero-order valence-electron chi connectivity index (χ0n) is 15.6. The number of aromatic nitrogens is 2. The third-order valence-electron chi connectivity index (χ3n) is 4.62. The van der Waals surface area contributed by atoms with E-state index < -0.39 is 0 Å². The Hall–Kier alpha value is -2.57. The minimum atomic E-state index is -0.110. The van der Waals surface area contributed by atoms with Gasteiger partial charge in [-0.15, -0.1) is 0 Å². The molecule has 0 spiro atoms. The summed E-state index contributed by atoms with van der Waals surface area (Å²) in [5.41, 5.74) is 0.752. The highest BCUT2D eigenvalue weighted by molar-refractivity contribution is 5.89. The van der Waals surface area contributed by atoms with E-state index in [1.807, 2.05) is 31.2 Å². The van der Waals surface area contributed by atoms with Gasteiger partial charge in [0.05, 0.1) is 12.0 Å². The van der Waals surface area contributed by atoms with Crippen LogP contribution in [0, 0.1) is 6.92 Å². The van der Waals surface area contributed by atoms with E-state index in [0.29, 0.717) is 18.3 Å². The number of urea groups is 1. The summed E-state index contributed by atoms with van der Waals surface area (Å²) in [4.78, 5) is 18.7. The van der Waals surface area contributed by atoms with Crippen molar-refractivity contribution in [1.29, 1.82) is 0 Å². The van der Waals surface area contributed by atoms with Gasteiger partial charge in [0.1, 0.15) is 5.75 Å². The molecule has 1 aliphatic heterocycles. The predicted octanol–water partition coefficient (Wildman–Crippen LogP) is 3.97. The Morgan fingerprint density at radius 3 is 2.85 bits per heavy atom. The van der Waals surface area contributed by atoms with Gasteiger partial charge in [0.2, 0.25) is 5.89 Å². The monoisotopic (exact) mass is 358 g/mol. The van der Waals surface area contributed by atoms with Crippen LogP contribution >= 0.6 is 0 Å². The number of rotatable bonds is 5. The minimum absolute atomic E-state index is 0.0991. The number of nitrogens with zero attached hydrogens (tertiary/aromatic N) is 3. The van der Waals surface area contributed by atoms with Gasteiger partial charge in [0.15, 0.2) is 5.82 Å². The van der Waals surface area contributed by atoms with E-state index in [4.69, 9.17) is 9.26 Å². The summed E-state index contributed by atoms with van der Waals surface area (Å²) in [6.45, 7) is 7.23. The van der Waals surface area contributed by atoms with Gasteiger partial charge in [-0.2, -0.15) is 4.98 Å². The lowest BCUT2D eigenvalue weighted by atomic mass is 9.98. The van der Waals surface area contributed by atoms with Gasteiger partial charge in [0, 0.05) is 18.8 Å². The van der Waals surface area contributed by atoms with Crippen molar-refractivity contribution in [3.8, 4) is 5.75 Å². The third kappa shape index (κ3) is 4.53. The second-order valence-electron chi connectivity index (χ2n) is 6.76. The summed E-state index contributed by atoms with van der Waals surface area (Å²) in [6.07, 6.45) is 3.00. The van der Waals surface area contributed by atoms with Crippen LogP contribution in [0.2, 0.25) is 0 Å². The number of ether oxygens (including phenoxy) is 1. The zero-order valence-corrected chi connectivity index (χ0v) is 15.6. The lowest BCUT2D eigenvalue weighted by Crippen LogP contribution is -2.41. The normalized spacial score (nSPS) is 18.4. The largest absolute Gasteiger partial charge is 0.491 e. The first-order valence-corrected chi connectivity index (χ1v) is 9.18. The Morgan fingerprint density at radius 2 is 2.19 bits per heavy atom. The number of anilines is 1. The van der Waals surface area contributed by atoms with E-state index in [-0.39, 0.29) is 18.1 Å². The van der Waals surface area contributed by atoms with Gasteiger partial charge in [0.25, 0.3) is 0 Å². The first-order chi connectivity index (χ1) is 12.5. The minimum Gasteiger partial charge on any atom is -0.491 e. The average Bonchev–Trinajstić information content (AvgIpc) is 3.10. The van der Waals surface area contributed by atoms with Crippen LogP contribution in [0.25, 0.3) is 0 Å². The van der Waals surface area contributed by atoms with Crippen molar-refractivity contribution in [2.45, 2.75) is 52.1 Å². The highest BCUT2D eigenvalue weighted by Crippen LogP contribution is 2.26. The molecule has 3 rings (SSSR count). The van der Waals surface area contributed by atoms with Crippen molar-refractivity contribution < 1.29 is 14.1 Å². The Balaban J connectivity index is 1.57. The van der Waals surface area contributed by atoms with Crippen molar-refractivity contribution in [3.05, 3.63) is 36.0 Å². The quantitative estimate of drug-likeness (QED) is 0.875. The van der Waals surface area contributed by atoms with Crippen molar-refractivity contribution in [2.75, 3.05) is 18.4 Å². The van der Waals surface area contributed by atoms with Crippen molar-refractivity contribution in [3.63, 3.8) is 0 Å². The average molecular weight is 358 g/mol. The van der Waals surface area contributed by atoms with Crippen LogP contribution in [0.1, 0.15) is 50.7 Å². The van der Waals surface area contributed by atoms with Gasteiger partial charge in [-0.1, -0.05) is 12.1 Å². The molecule has 1 N–H and O–H groups in total. The molecule has 26 heavy (non-hydrogen) atoms. The van der Waals surface area contributed by atoms with Crippen LogP contribution in [0.5, 0.6) is 5.75 Å². The first-order valence-electron chi connectivity index (χ1n) is 9.18. The fourth-order valence-electron chi connectivity index (χ4n) is 2.98. The van der Waals surface area contributed by atoms with E-state index >= 15 is 0 Å². The Labute approximate surface area is 153 Å². The maximum Gasteiger partial charge on any atom is 0.321 e. The summed E-state index contributed by atoms with van der Waals surface area (Å²) in [7, 11) is 0. The van der Waals surface area contributed by atoms with E-state index in [1.54, 1.807) is 11.8 Å². The molecule has 0 aliphatic carbocycles. The van der Waals surface area contributed by atoms with Crippen molar-refractivity contribution >= 4 is 11.7 Å². The predicted molar refractivity (Wildman–Crippen MR) is 98.4 cm³/mol. The maximum absolute atomic E-state index is 12.6. The molecular weight excluding hydrogens is 332 g/mol. The molecule has 7 nitrogen and oxygen atoms in total. The molecule has 0 radical (unpaired) electrons. The number of hydrogen-bond donors (Lipinski definition) is 1. The molecule has 2 atom stereocenters. The number of piperidine rings is 1. The standard InChI is InChI=1S/C19H26N4O3/c1-4-13(2)25-17-9-7-16(8-10-17)21-19(24)23-11-5-6-15(12-23)18-20-14(3)22-26-18/h7-10,13,15H,4-6,11-12H2,1-3H3,(H,21,24)/t13-,15-/m0/s1. The number of aryl methyl sites for hydroxylation is 1. The number of benzene rings is 1. The highest BCUT2D eigenvalue weighted by Gasteiger charge is 2.28. The Morgan fingerprint density at radius 1 is 1.42 bits per heavy atom. The molecule has 1 aromatic carbocycles. The molecule has 0 bridgehead atoms. The second-order valence-corrected chi connectivity index (χ2v) is 6.76. The lowest BCUT2D eigenvalue weighted by molar-refractivity contribution is 0.184. The second kappa shape index (κ2) is 8.21. The molecule has 2 aromatic rings. The van der Waals surface area contributed by atoms with Gasteiger partial charge in [-0.25, -0.2) is 4.79 Å². The van der Waals surface area contributed by atoms with Crippen LogP contribution in [-0.4, -0.2) is 40.3 Å². The summed E-state index contributed by atoms with van der Waals surface area (Å²) in [5.74, 6) is 2.15. The summed E-state index contributed by atoms with van der Waals surface area (Å²) >= 11 is 0. The molecule has 0 unspecified atom stereocenters. The summed E-state index contributed by atoms with van der Waals surface area (Å²) < 4.78 is 11.0. The molecule has 1 fully saturated rings. The lowest BCUT2D eigenvalue weighted by Gasteiger charge is -2.31. The van der Waals surface area contributed by atoms with Crippen LogP contribution in [0.15, 0.2) is 28.8 Å². The molecule has 0 saturated carbocycles. The third-order valence-corrected chi connectivity index (χ3v) is 4.62. The van der Waals surface area contributed by atoms with E-state index in [9.17, 15) is 4.79 Å². The highest BCUT2D eigenvalue weighted by atomic mass is 16.5. The van der Waals surface area contributed by atoms with E-state index in [1.165, 1.54) is 0 Å². The molecule has 140 valence electrons. The SMILES string of the molecule is CC[C@H](C)Oc1ccc(NC(=O)N2CCC[C@H](c3nc(C)no3)C2)cc1. The fourth-order valence-corrected chi connectivity index (χ4v) is 2.98. The van der Waals surface area contributed by atoms with Crippen molar-refractivity contribution in [2.24, 2.45) is 0 Å². The molecule has 2 heterocycles. The zero-order chi connectivity index (χ0) is 18.5. The number of carbonyl (C=O) groups is 1. The number of nitrogens with one attached hydrogen (secondary N) is 1. The molecule has 7 heteroatoms. The van der Waals surface area contributed by atoms with Crippen molar-refractivity contribution in [1.82, 2.24) is 15.0 Å². The molecule has 1 saturated heterocycles. The Kier molecular flexibility index (Phi) is 5.75. The van der Waals surface area contributed by atoms with E-state index in [2.05, 4.69) is 22.4 Å². The smallest absolute Gasteiger partial charge is 0.321 e. The van der Waals surface area contributed by atoms with Gasteiger partial charge >= 0.3 is 6.03 Å². The molecular formula is C19H26N4O3. The van der Waals surface area contributed by atoms with Crippen LogP contribution in [0.4, 0.5) is 10.5 Å². The van der Waals surface area contributed by atoms with Gasteiger partial charge < -0.3 is 19.5 Å². The van der Waals surface area contributed by atoms with Gasteiger partial charge in [-0.3, -0.25) is 0 Å². The van der Waals surface area contributed by atoms with E-state index in [0.717, 1.165) is 37.2 Å². The number of carbonyl (C=O) groups excluding carboxylic acids is 1.